The van der Waals surface area contributed by atoms with Crippen molar-refractivity contribution in [3.8, 4) is 0 Å². The first kappa shape index (κ1) is 9.70. The van der Waals surface area contributed by atoms with Gasteiger partial charge in [-0.15, -0.1) is 0 Å². The van der Waals surface area contributed by atoms with Crippen LogP contribution in [0, 0.1) is 12.3 Å². The maximum Gasteiger partial charge on any atom is -0.00360 e. The van der Waals surface area contributed by atoms with Gasteiger partial charge in [-0.1, -0.05) is 20.3 Å². The molecule has 0 rings (SSSR count). The molecule has 0 aromatic carbocycles. The Morgan fingerprint density at radius 2 is 1.78 bits per heavy atom. The lowest BCUT2D eigenvalue weighted by atomic mass is 9.90. The van der Waals surface area contributed by atoms with E-state index in [1.54, 1.807) is 0 Å². The zero-order valence-corrected chi connectivity index (χ0v) is 7.72. The molecule has 55 valence electrons. The van der Waals surface area contributed by atoms with Crippen LogP contribution in [-0.4, -0.2) is 11.5 Å². The zero-order chi connectivity index (χ0) is 7.33. The van der Waals surface area contributed by atoms with E-state index in [4.69, 9.17) is 0 Å². The van der Waals surface area contributed by atoms with Gasteiger partial charge in [0, 0.05) is 0 Å². The number of hydrogen-bond acceptors (Lipinski definition) is 2. The molecule has 0 heterocycles. The van der Waals surface area contributed by atoms with Gasteiger partial charge < -0.3 is 0 Å². The smallest absolute Gasteiger partial charge is 0.00360 e. The molecule has 1 radical (unpaired) electrons. The van der Waals surface area contributed by atoms with Gasteiger partial charge in [-0.3, -0.25) is 0 Å². The lowest BCUT2D eigenvalue weighted by Crippen LogP contribution is -2.20. The van der Waals surface area contributed by atoms with Gasteiger partial charge in [0.25, 0.3) is 0 Å². The Morgan fingerprint density at radius 1 is 1.33 bits per heavy atom. The summed E-state index contributed by atoms with van der Waals surface area (Å²) in [5.74, 6) is 1.82. The van der Waals surface area contributed by atoms with Crippen molar-refractivity contribution >= 4 is 25.3 Å². The largest absolute Gasteiger partial charge is 0.179 e. The molecule has 0 aromatic rings. The molecule has 0 fully saturated rings. The van der Waals surface area contributed by atoms with Gasteiger partial charge >= 0.3 is 0 Å². The number of thiol groups is 2. The molecule has 0 N–H and O–H groups in total. The molecule has 0 aliphatic heterocycles. The minimum Gasteiger partial charge on any atom is -0.179 e. The molecular formula is C7H15S2. The van der Waals surface area contributed by atoms with E-state index in [-0.39, 0.29) is 0 Å². The summed E-state index contributed by atoms with van der Waals surface area (Å²) in [6.45, 7) is 5.99. The third-order valence-electron chi connectivity index (χ3n) is 1.54. The monoisotopic (exact) mass is 163 g/mol. The van der Waals surface area contributed by atoms with Crippen LogP contribution in [0.25, 0.3) is 0 Å². The van der Waals surface area contributed by atoms with Crippen LogP contribution in [0.1, 0.15) is 19.8 Å². The van der Waals surface area contributed by atoms with Crippen molar-refractivity contribution in [2.24, 2.45) is 5.41 Å². The quantitative estimate of drug-likeness (QED) is 0.584. The van der Waals surface area contributed by atoms with Crippen LogP contribution in [0.15, 0.2) is 0 Å². The van der Waals surface area contributed by atoms with E-state index in [1.165, 1.54) is 0 Å². The van der Waals surface area contributed by atoms with Crippen LogP contribution in [0.5, 0.6) is 0 Å². The molecule has 2 heteroatoms. The van der Waals surface area contributed by atoms with E-state index >= 15 is 0 Å². The molecule has 0 bridgehead atoms. The first-order chi connectivity index (χ1) is 4.18. The van der Waals surface area contributed by atoms with Crippen molar-refractivity contribution in [1.82, 2.24) is 0 Å². The molecule has 9 heavy (non-hydrogen) atoms. The SMILES string of the molecule is [CH2]CCC(C)(CS)CS. The highest BCUT2D eigenvalue weighted by atomic mass is 32.1. The first-order valence-corrected chi connectivity index (χ1v) is 4.46. The Balaban J connectivity index is 3.62. The molecule has 0 amide bonds. The molecule has 0 spiro atoms. The van der Waals surface area contributed by atoms with Crippen LogP contribution < -0.4 is 0 Å². The predicted molar refractivity (Wildman–Crippen MR) is 50.4 cm³/mol. The van der Waals surface area contributed by atoms with E-state index in [9.17, 15) is 0 Å². The normalized spacial score (nSPS) is 12.0. The van der Waals surface area contributed by atoms with E-state index in [0.717, 1.165) is 24.3 Å². The second kappa shape index (κ2) is 4.51. The van der Waals surface area contributed by atoms with Crippen molar-refractivity contribution in [3.63, 3.8) is 0 Å². The average Bonchev–Trinajstić information content (AvgIpc) is 1.89. The zero-order valence-electron chi connectivity index (χ0n) is 5.93. The Morgan fingerprint density at radius 3 is 1.89 bits per heavy atom. The lowest BCUT2D eigenvalue weighted by molar-refractivity contribution is 0.402. The third kappa shape index (κ3) is 3.41. The summed E-state index contributed by atoms with van der Waals surface area (Å²) in [7, 11) is 0. The molecule has 0 atom stereocenters. The standard InChI is InChI=1S/C7H15S2/c1-3-4-7(2,5-8)6-9/h8-9H,1,3-6H2,2H3. The third-order valence-corrected chi connectivity index (χ3v) is 3.07. The van der Waals surface area contributed by atoms with Crippen LogP contribution >= 0.6 is 25.3 Å². The van der Waals surface area contributed by atoms with Crippen molar-refractivity contribution < 1.29 is 0 Å². The van der Waals surface area contributed by atoms with Gasteiger partial charge in [0.2, 0.25) is 0 Å². The minimum atomic E-state index is 0.300. The number of hydrogen-bond donors (Lipinski definition) is 2. The van der Waals surface area contributed by atoms with Crippen molar-refractivity contribution in [2.45, 2.75) is 19.8 Å². The van der Waals surface area contributed by atoms with Crippen molar-refractivity contribution in [2.75, 3.05) is 11.5 Å². The van der Waals surface area contributed by atoms with Gasteiger partial charge in [0.1, 0.15) is 0 Å². The second-order valence-corrected chi connectivity index (χ2v) is 3.36. The average molecular weight is 163 g/mol. The van der Waals surface area contributed by atoms with Crippen LogP contribution in [0.3, 0.4) is 0 Å². The van der Waals surface area contributed by atoms with Crippen molar-refractivity contribution in [1.29, 1.82) is 0 Å². The maximum atomic E-state index is 4.24. The van der Waals surface area contributed by atoms with Crippen LogP contribution in [0.2, 0.25) is 0 Å². The Kier molecular flexibility index (Phi) is 4.86. The van der Waals surface area contributed by atoms with E-state index in [0.29, 0.717) is 5.41 Å². The molecule has 0 unspecified atom stereocenters. The highest BCUT2D eigenvalue weighted by molar-refractivity contribution is 7.81. The Labute approximate surface area is 69.2 Å². The topological polar surface area (TPSA) is 0 Å². The van der Waals surface area contributed by atoms with Gasteiger partial charge in [0.05, 0.1) is 0 Å². The fourth-order valence-corrected chi connectivity index (χ4v) is 1.35. The van der Waals surface area contributed by atoms with Crippen molar-refractivity contribution in [3.05, 3.63) is 6.92 Å². The van der Waals surface area contributed by atoms with E-state index in [2.05, 4.69) is 39.1 Å². The first-order valence-electron chi connectivity index (χ1n) is 3.19. The fraction of sp³-hybridized carbons (Fsp3) is 0.857. The van der Waals surface area contributed by atoms with Crippen LogP contribution in [0.4, 0.5) is 0 Å². The Bertz CT molecular complexity index is 67.3. The van der Waals surface area contributed by atoms with E-state index in [1.807, 2.05) is 0 Å². The van der Waals surface area contributed by atoms with Gasteiger partial charge in [-0.25, -0.2) is 0 Å². The van der Waals surface area contributed by atoms with Crippen LogP contribution in [-0.2, 0) is 0 Å². The maximum absolute atomic E-state index is 4.24. The summed E-state index contributed by atoms with van der Waals surface area (Å²) in [6, 6.07) is 0. The predicted octanol–water partition coefficient (Wildman–Crippen LogP) is 2.47. The number of rotatable bonds is 4. The molecule has 0 saturated heterocycles. The molecule has 0 saturated carbocycles. The molecule has 0 aliphatic rings. The van der Waals surface area contributed by atoms with E-state index < -0.39 is 0 Å². The molecule has 0 nitrogen and oxygen atoms in total. The second-order valence-electron chi connectivity index (χ2n) is 2.73. The molecule has 0 aliphatic carbocycles. The molecule has 0 aromatic heterocycles. The lowest BCUT2D eigenvalue weighted by Gasteiger charge is -2.24. The minimum absolute atomic E-state index is 0.300. The van der Waals surface area contributed by atoms with Gasteiger partial charge in [-0.05, 0) is 23.3 Å². The molecular weight excluding hydrogens is 148 g/mol. The summed E-state index contributed by atoms with van der Waals surface area (Å²) >= 11 is 8.48. The summed E-state index contributed by atoms with van der Waals surface area (Å²) < 4.78 is 0. The Hall–Kier alpha value is 0.700. The highest BCUT2D eigenvalue weighted by Gasteiger charge is 2.18. The summed E-state index contributed by atoms with van der Waals surface area (Å²) in [5.41, 5.74) is 0.300. The fourth-order valence-electron chi connectivity index (χ4n) is 0.635. The van der Waals surface area contributed by atoms with Gasteiger partial charge in [0.15, 0.2) is 0 Å². The summed E-state index contributed by atoms with van der Waals surface area (Å²) in [5, 5.41) is 0. The highest BCUT2D eigenvalue weighted by Crippen LogP contribution is 2.25. The summed E-state index contributed by atoms with van der Waals surface area (Å²) in [6.07, 6.45) is 2.11. The van der Waals surface area contributed by atoms with Gasteiger partial charge in [-0.2, -0.15) is 25.3 Å². The summed E-state index contributed by atoms with van der Waals surface area (Å²) in [4.78, 5) is 0.